The van der Waals surface area contributed by atoms with Crippen LogP contribution in [-0.2, 0) is 6.42 Å². The van der Waals surface area contributed by atoms with Gasteiger partial charge in [0.2, 0.25) is 0 Å². The Labute approximate surface area is 101 Å². The van der Waals surface area contributed by atoms with Crippen molar-refractivity contribution in [1.29, 1.82) is 0 Å². The molecule has 4 heteroatoms. The fraction of sp³-hybridized carbons (Fsp3) is 0.308. The lowest BCUT2D eigenvalue weighted by atomic mass is 10.1. The van der Waals surface area contributed by atoms with E-state index in [-0.39, 0.29) is 0 Å². The second-order valence-electron chi connectivity index (χ2n) is 4.05. The van der Waals surface area contributed by atoms with Crippen molar-refractivity contribution in [3.63, 3.8) is 0 Å². The van der Waals surface area contributed by atoms with Crippen LogP contribution >= 0.6 is 0 Å². The van der Waals surface area contributed by atoms with Crippen molar-refractivity contribution in [2.45, 2.75) is 20.3 Å². The predicted molar refractivity (Wildman–Crippen MR) is 67.5 cm³/mol. The molecule has 2 aromatic heterocycles. The molecule has 88 valence electrons. The Balaban J connectivity index is 2.48. The molecule has 0 atom stereocenters. The Morgan fingerprint density at radius 1 is 1.24 bits per heavy atom. The molecule has 2 rings (SSSR count). The van der Waals surface area contributed by atoms with Crippen LogP contribution in [0.3, 0.4) is 0 Å². The third kappa shape index (κ3) is 2.65. The molecule has 0 radical (unpaired) electrons. The molecule has 2 aromatic rings. The van der Waals surface area contributed by atoms with Crippen molar-refractivity contribution in [3.8, 4) is 11.4 Å². The Morgan fingerprint density at radius 3 is 2.76 bits per heavy atom. The van der Waals surface area contributed by atoms with E-state index in [0.29, 0.717) is 6.54 Å². The molecular weight excluding hydrogens is 212 g/mol. The molecule has 0 saturated carbocycles. The van der Waals surface area contributed by atoms with E-state index in [1.165, 1.54) is 0 Å². The molecule has 2 heterocycles. The Morgan fingerprint density at radius 2 is 2.06 bits per heavy atom. The van der Waals surface area contributed by atoms with Crippen molar-refractivity contribution < 1.29 is 0 Å². The molecule has 4 nitrogen and oxygen atoms in total. The maximum absolute atomic E-state index is 5.56. The van der Waals surface area contributed by atoms with Crippen LogP contribution in [0, 0.1) is 13.8 Å². The minimum absolute atomic E-state index is 0.602. The SMILES string of the molecule is Cc1cc(CCN)nc(-c2ccncc2C)n1. The number of aryl methyl sites for hydroxylation is 2. The standard InChI is InChI=1S/C13H16N4/c1-9-8-15-6-4-12(9)13-16-10(2)7-11(17-13)3-5-14/h4,6-8H,3,5,14H2,1-2H3. The quantitative estimate of drug-likeness (QED) is 0.867. The second-order valence-corrected chi connectivity index (χ2v) is 4.05. The minimum Gasteiger partial charge on any atom is -0.330 e. The van der Waals surface area contributed by atoms with Gasteiger partial charge < -0.3 is 5.73 Å². The smallest absolute Gasteiger partial charge is 0.159 e. The first-order chi connectivity index (χ1) is 8.20. The largest absolute Gasteiger partial charge is 0.330 e. The van der Waals surface area contributed by atoms with Crippen molar-refractivity contribution in [1.82, 2.24) is 15.0 Å². The van der Waals surface area contributed by atoms with Gasteiger partial charge in [0, 0.05) is 35.8 Å². The van der Waals surface area contributed by atoms with Crippen molar-refractivity contribution >= 4 is 0 Å². The normalized spacial score (nSPS) is 10.5. The van der Waals surface area contributed by atoms with Gasteiger partial charge in [0.15, 0.2) is 5.82 Å². The topological polar surface area (TPSA) is 64.7 Å². The number of hydrogen-bond acceptors (Lipinski definition) is 4. The molecule has 0 amide bonds. The lowest BCUT2D eigenvalue weighted by Gasteiger charge is -2.07. The third-order valence-electron chi connectivity index (χ3n) is 2.57. The van der Waals surface area contributed by atoms with Crippen molar-refractivity contribution in [3.05, 3.63) is 41.5 Å². The highest BCUT2D eigenvalue weighted by Crippen LogP contribution is 2.19. The summed E-state index contributed by atoms with van der Waals surface area (Å²) in [5.41, 5.74) is 9.63. The van der Waals surface area contributed by atoms with Crippen LogP contribution < -0.4 is 5.73 Å². The van der Waals surface area contributed by atoms with E-state index >= 15 is 0 Å². The molecule has 0 unspecified atom stereocenters. The number of nitrogens with zero attached hydrogens (tertiary/aromatic N) is 3. The maximum Gasteiger partial charge on any atom is 0.159 e. The fourth-order valence-electron chi connectivity index (χ4n) is 1.75. The summed E-state index contributed by atoms with van der Waals surface area (Å²) >= 11 is 0. The minimum atomic E-state index is 0.602. The van der Waals surface area contributed by atoms with Gasteiger partial charge in [-0.1, -0.05) is 0 Å². The van der Waals surface area contributed by atoms with Crippen LogP contribution in [0.5, 0.6) is 0 Å². The molecule has 0 aliphatic carbocycles. The molecule has 2 N–H and O–H groups in total. The predicted octanol–water partition coefficient (Wildman–Crippen LogP) is 1.66. The molecule has 17 heavy (non-hydrogen) atoms. The first-order valence-corrected chi connectivity index (χ1v) is 5.66. The average molecular weight is 228 g/mol. The highest BCUT2D eigenvalue weighted by Gasteiger charge is 2.07. The Kier molecular flexibility index (Phi) is 3.44. The molecule has 0 spiro atoms. The van der Waals surface area contributed by atoms with E-state index in [0.717, 1.165) is 34.8 Å². The van der Waals surface area contributed by atoms with Gasteiger partial charge in [-0.2, -0.15) is 0 Å². The monoisotopic (exact) mass is 228 g/mol. The summed E-state index contributed by atoms with van der Waals surface area (Å²) in [7, 11) is 0. The number of aromatic nitrogens is 3. The zero-order valence-electron chi connectivity index (χ0n) is 10.1. The summed E-state index contributed by atoms with van der Waals surface area (Å²) in [6.45, 7) is 4.59. The zero-order chi connectivity index (χ0) is 12.3. The van der Waals surface area contributed by atoms with E-state index in [1.807, 2.05) is 32.2 Å². The van der Waals surface area contributed by atoms with E-state index < -0.39 is 0 Å². The van der Waals surface area contributed by atoms with Gasteiger partial charge in [-0.25, -0.2) is 9.97 Å². The van der Waals surface area contributed by atoms with Gasteiger partial charge >= 0.3 is 0 Å². The number of pyridine rings is 1. The van der Waals surface area contributed by atoms with E-state index in [4.69, 9.17) is 5.73 Å². The number of rotatable bonds is 3. The Bertz CT molecular complexity index is 523. The maximum atomic E-state index is 5.56. The average Bonchev–Trinajstić information content (AvgIpc) is 2.29. The highest BCUT2D eigenvalue weighted by molar-refractivity contribution is 5.58. The van der Waals surface area contributed by atoms with Crippen LogP contribution in [-0.4, -0.2) is 21.5 Å². The van der Waals surface area contributed by atoms with Crippen LogP contribution in [0.1, 0.15) is 17.0 Å². The molecular formula is C13H16N4. The summed E-state index contributed by atoms with van der Waals surface area (Å²) in [6.07, 6.45) is 4.36. The summed E-state index contributed by atoms with van der Waals surface area (Å²) in [5.74, 6) is 0.758. The lowest BCUT2D eigenvalue weighted by molar-refractivity contribution is 0.904. The number of hydrogen-bond donors (Lipinski definition) is 1. The van der Waals surface area contributed by atoms with Gasteiger partial charge in [-0.05, 0) is 38.1 Å². The summed E-state index contributed by atoms with van der Waals surface area (Å²) < 4.78 is 0. The van der Waals surface area contributed by atoms with E-state index in [9.17, 15) is 0 Å². The molecule has 0 saturated heterocycles. The third-order valence-corrected chi connectivity index (χ3v) is 2.57. The lowest BCUT2D eigenvalue weighted by Crippen LogP contribution is -2.06. The first-order valence-electron chi connectivity index (χ1n) is 5.66. The number of nitrogens with two attached hydrogens (primary N) is 1. The van der Waals surface area contributed by atoms with Crippen molar-refractivity contribution in [2.75, 3.05) is 6.54 Å². The van der Waals surface area contributed by atoms with Crippen LogP contribution in [0.15, 0.2) is 24.5 Å². The summed E-state index contributed by atoms with van der Waals surface area (Å²) in [6, 6.07) is 3.92. The fourth-order valence-corrected chi connectivity index (χ4v) is 1.75. The van der Waals surface area contributed by atoms with Gasteiger partial charge in [0.25, 0.3) is 0 Å². The Hall–Kier alpha value is -1.81. The van der Waals surface area contributed by atoms with Crippen molar-refractivity contribution in [2.24, 2.45) is 5.73 Å². The van der Waals surface area contributed by atoms with Crippen LogP contribution in [0.25, 0.3) is 11.4 Å². The molecule has 0 fully saturated rings. The van der Waals surface area contributed by atoms with Gasteiger partial charge in [-0.3, -0.25) is 4.98 Å². The summed E-state index contributed by atoms with van der Waals surface area (Å²) in [4.78, 5) is 13.1. The molecule has 0 aliphatic heterocycles. The highest BCUT2D eigenvalue weighted by atomic mass is 14.9. The van der Waals surface area contributed by atoms with E-state index in [1.54, 1.807) is 6.20 Å². The van der Waals surface area contributed by atoms with E-state index in [2.05, 4.69) is 15.0 Å². The zero-order valence-corrected chi connectivity index (χ0v) is 10.1. The first kappa shape index (κ1) is 11.7. The molecule has 0 aliphatic rings. The van der Waals surface area contributed by atoms with Crippen LogP contribution in [0.4, 0.5) is 0 Å². The summed E-state index contributed by atoms with van der Waals surface area (Å²) in [5, 5.41) is 0. The molecule has 0 aromatic carbocycles. The van der Waals surface area contributed by atoms with Gasteiger partial charge in [-0.15, -0.1) is 0 Å². The molecule has 0 bridgehead atoms. The van der Waals surface area contributed by atoms with Gasteiger partial charge in [0.1, 0.15) is 0 Å². The van der Waals surface area contributed by atoms with Gasteiger partial charge in [0.05, 0.1) is 0 Å². The second kappa shape index (κ2) is 5.01. The van der Waals surface area contributed by atoms with Crippen LogP contribution in [0.2, 0.25) is 0 Å².